The van der Waals surface area contributed by atoms with Crippen LogP contribution in [-0.4, -0.2) is 37.0 Å². The van der Waals surface area contributed by atoms with Crippen LogP contribution < -0.4 is 10.2 Å². The molecule has 128 valence electrons. The van der Waals surface area contributed by atoms with Gasteiger partial charge in [0.2, 0.25) is 0 Å². The van der Waals surface area contributed by atoms with Crippen LogP contribution in [0.5, 0.6) is 0 Å². The molecule has 0 aromatic heterocycles. The first kappa shape index (κ1) is 16.0. The van der Waals surface area contributed by atoms with Crippen molar-refractivity contribution in [3.05, 3.63) is 64.8 Å². The minimum atomic E-state index is -0.0159. The van der Waals surface area contributed by atoms with E-state index in [4.69, 9.17) is 11.6 Å². The molecule has 2 aliphatic heterocycles. The van der Waals surface area contributed by atoms with Gasteiger partial charge in [-0.05, 0) is 37.3 Å². The second-order valence-electron chi connectivity index (χ2n) is 6.55. The Bertz CT molecular complexity index is 854. The van der Waals surface area contributed by atoms with Crippen molar-refractivity contribution < 1.29 is 4.79 Å². The van der Waals surface area contributed by atoms with Gasteiger partial charge >= 0.3 is 0 Å². The van der Waals surface area contributed by atoms with Gasteiger partial charge in [-0.15, -0.1) is 0 Å². The molecule has 1 fully saturated rings. The summed E-state index contributed by atoms with van der Waals surface area (Å²) in [5.74, 6) is -0.0159. The zero-order valence-corrected chi connectivity index (χ0v) is 14.9. The van der Waals surface area contributed by atoms with E-state index >= 15 is 0 Å². The molecule has 4 nitrogen and oxygen atoms in total. The van der Waals surface area contributed by atoms with Crippen molar-refractivity contribution in [2.45, 2.75) is 6.92 Å². The Balaban J connectivity index is 1.49. The number of hydrogen-bond acceptors (Lipinski definition) is 3. The topological polar surface area (TPSA) is 35.6 Å². The maximum absolute atomic E-state index is 12.3. The number of piperazine rings is 1. The number of nitrogens with one attached hydrogen (secondary N) is 1. The highest BCUT2D eigenvalue weighted by Gasteiger charge is 2.25. The van der Waals surface area contributed by atoms with E-state index in [2.05, 4.69) is 27.2 Å². The van der Waals surface area contributed by atoms with Crippen LogP contribution in [0, 0.1) is 6.92 Å². The van der Waals surface area contributed by atoms with Crippen LogP contribution in [0.4, 0.5) is 11.4 Å². The van der Waals surface area contributed by atoms with Gasteiger partial charge in [0, 0.05) is 54.3 Å². The second-order valence-corrected chi connectivity index (χ2v) is 6.99. The summed E-state index contributed by atoms with van der Waals surface area (Å²) >= 11 is 6.09. The standard InChI is InChI=1S/C20H20ClN3O/c1-14-5-6-19-17(11-14)18(20(25)22-19)13-23-7-9-24(10-8-23)16-4-2-3-15(21)12-16/h2-6,11-13H,7-10H2,1H3,(H,22,25)/b18-13+. The van der Waals surface area contributed by atoms with Crippen LogP contribution in [0.25, 0.3) is 5.57 Å². The molecule has 4 rings (SSSR count). The fourth-order valence-electron chi connectivity index (χ4n) is 3.39. The third-order valence-electron chi connectivity index (χ3n) is 4.76. The minimum Gasteiger partial charge on any atom is -0.373 e. The zero-order valence-electron chi connectivity index (χ0n) is 14.1. The van der Waals surface area contributed by atoms with Gasteiger partial charge < -0.3 is 15.1 Å². The average molecular weight is 354 g/mol. The lowest BCUT2D eigenvalue weighted by atomic mass is 10.1. The van der Waals surface area contributed by atoms with Gasteiger partial charge in [-0.2, -0.15) is 0 Å². The van der Waals surface area contributed by atoms with Gasteiger partial charge in [-0.3, -0.25) is 4.79 Å². The van der Waals surface area contributed by atoms with E-state index in [9.17, 15) is 4.79 Å². The number of carbonyl (C=O) groups excluding carboxylic acids is 1. The fraction of sp³-hybridized carbons (Fsp3) is 0.250. The SMILES string of the molecule is Cc1ccc2c(c1)/C(=C\N1CCN(c3cccc(Cl)c3)CC1)C(=O)N2. The summed E-state index contributed by atoms with van der Waals surface area (Å²) in [5, 5.41) is 3.71. The number of benzene rings is 2. The quantitative estimate of drug-likeness (QED) is 0.835. The molecule has 5 heteroatoms. The van der Waals surface area contributed by atoms with Crippen LogP contribution >= 0.6 is 11.6 Å². The number of rotatable bonds is 2. The maximum atomic E-state index is 12.3. The Hall–Kier alpha value is -2.46. The first-order valence-corrected chi connectivity index (χ1v) is 8.87. The first-order valence-electron chi connectivity index (χ1n) is 8.49. The lowest BCUT2D eigenvalue weighted by Gasteiger charge is -2.35. The second kappa shape index (κ2) is 6.45. The van der Waals surface area contributed by atoms with Crippen molar-refractivity contribution in [3.63, 3.8) is 0 Å². The molecule has 0 unspecified atom stereocenters. The van der Waals surface area contributed by atoms with Gasteiger partial charge in [-0.25, -0.2) is 0 Å². The Labute approximate surface area is 152 Å². The molecule has 2 aliphatic rings. The van der Waals surface area contributed by atoms with E-state index in [0.717, 1.165) is 59.3 Å². The van der Waals surface area contributed by atoms with Crippen molar-refractivity contribution in [2.24, 2.45) is 0 Å². The Morgan fingerprint density at radius 1 is 1.08 bits per heavy atom. The highest BCUT2D eigenvalue weighted by molar-refractivity contribution is 6.31. The van der Waals surface area contributed by atoms with Gasteiger partial charge in [0.15, 0.2) is 0 Å². The Morgan fingerprint density at radius 2 is 1.88 bits per heavy atom. The lowest BCUT2D eigenvalue weighted by Crippen LogP contribution is -2.44. The summed E-state index contributed by atoms with van der Waals surface area (Å²) in [7, 11) is 0. The largest absolute Gasteiger partial charge is 0.373 e. The highest BCUT2D eigenvalue weighted by Crippen LogP contribution is 2.33. The molecular weight excluding hydrogens is 334 g/mol. The van der Waals surface area contributed by atoms with Gasteiger partial charge in [0.25, 0.3) is 5.91 Å². The monoisotopic (exact) mass is 353 g/mol. The molecule has 2 heterocycles. The lowest BCUT2D eigenvalue weighted by molar-refractivity contribution is -0.110. The van der Waals surface area contributed by atoms with Crippen LogP contribution in [0.2, 0.25) is 5.02 Å². The number of anilines is 2. The molecule has 0 aliphatic carbocycles. The summed E-state index contributed by atoms with van der Waals surface area (Å²) in [6.07, 6.45) is 2.01. The van der Waals surface area contributed by atoms with Crippen molar-refractivity contribution >= 4 is 34.5 Å². The van der Waals surface area contributed by atoms with Crippen molar-refractivity contribution in [1.29, 1.82) is 0 Å². The molecule has 1 saturated heterocycles. The first-order chi connectivity index (χ1) is 12.1. The summed E-state index contributed by atoms with van der Waals surface area (Å²) in [4.78, 5) is 16.9. The van der Waals surface area contributed by atoms with Crippen molar-refractivity contribution in [3.8, 4) is 0 Å². The fourth-order valence-corrected chi connectivity index (χ4v) is 3.58. The molecule has 0 saturated carbocycles. The molecule has 0 spiro atoms. The van der Waals surface area contributed by atoms with Crippen LogP contribution in [-0.2, 0) is 4.79 Å². The normalized spacial score (nSPS) is 18.5. The number of hydrogen-bond donors (Lipinski definition) is 1. The summed E-state index contributed by atoms with van der Waals surface area (Å²) in [6.45, 7) is 5.62. The predicted octanol–water partition coefficient (Wildman–Crippen LogP) is 3.76. The van der Waals surface area contributed by atoms with E-state index in [1.165, 1.54) is 0 Å². The van der Waals surface area contributed by atoms with E-state index in [1.54, 1.807) is 0 Å². The van der Waals surface area contributed by atoms with Gasteiger partial charge in [-0.1, -0.05) is 29.3 Å². The number of halogens is 1. The smallest absolute Gasteiger partial charge is 0.257 e. The molecule has 0 bridgehead atoms. The molecule has 2 aromatic carbocycles. The van der Waals surface area contributed by atoms with Crippen LogP contribution in [0.3, 0.4) is 0 Å². The predicted molar refractivity (Wildman–Crippen MR) is 103 cm³/mol. The van der Waals surface area contributed by atoms with Crippen molar-refractivity contribution in [1.82, 2.24) is 4.90 Å². The molecule has 1 amide bonds. The van der Waals surface area contributed by atoms with Crippen molar-refractivity contribution in [2.75, 3.05) is 36.4 Å². The highest BCUT2D eigenvalue weighted by atomic mass is 35.5. The van der Waals surface area contributed by atoms with Gasteiger partial charge in [0.05, 0.1) is 5.57 Å². The summed E-state index contributed by atoms with van der Waals surface area (Å²) in [6, 6.07) is 14.0. The van der Waals surface area contributed by atoms with E-state index in [0.29, 0.717) is 0 Å². The Kier molecular flexibility index (Phi) is 4.14. The van der Waals surface area contributed by atoms with E-state index in [-0.39, 0.29) is 5.91 Å². The van der Waals surface area contributed by atoms with Gasteiger partial charge in [0.1, 0.15) is 0 Å². The minimum absolute atomic E-state index is 0.0159. The number of carbonyl (C=O) groups is 1. The van der Waals surface area contributed by atoms with E-state index in [1.807, 2.05) is 43.5 Å². The summed E-state index contributed by atoms with van der Waals surface area (Å²) in [5.41, 5.74) is 4.97. The molecule has 1 N–H and O–H groups in total. The zero-order chi connectivity index (χ0) is 17.4. The molecule has 25 heavy (non-hydrogen) atoms. The summed E-state index contributed by atoms with van der Waals surface area (Å²) < 4.78 is 0. The van der Waals surface area contributed by atoms with E-state index < -0.39 is 0 Å². The Morgan fingerprint density at radius 3 is 2.64 bits per heavy atom. The number of amides is 1. The third kappa shape index (κ3) is 3.22. The molecule has 2 aromatic rings. The number of fused-ring (bicyclic) bond motifs is 1. The average Bonchev–Trinajstić information content (AvgIpc) is 2.91. The molecule has 0 atom stereocenters. The third-order valence-corrected chi connectivity index (χ3v) is 4.99. The molecule has 0 radical (unpaired) electrons. The maximum Gasteiger partial charge on any atom is 0.257 e. The van der Waals surface area contributed by atoms with Crippen LogP contribution in [0.1, 0.15) is 11.1 Å². The number of aryl methyl sites for hydroxylation is 1. The molecular formula is C20H20ClN3O. The number of nitrogens with zero attached hydrogens (tertiary/aromatic N) is 2. The van der Waals surface area contributed by atoms with Crippen LogP contribution in [0.15, 0.2) is 48.7 Å².